The summed E-state index contributed by atoms with van der Waals surface area (Å²) in [5.41, 5.74) is 26.4. The maximum absolute atomic E-state index is 13.4. The summed E-state index contributed by atoms with van der Waals surface area (Å²) >= 11 is 0. The van der Waals surface area contributed by atoms with E-state index in [0.29, 0.717) is 113 Å². The van der Waals surface area contributed by atoms with E-state index in [1.54, 1.807) is 75.3 Å². The van der Waals surface area contributed by atoms with Crippen LogP contribution in [-0.4, -0.2) is 246 Å². The van der Waals surface area contributed by atoms with E-state index in [2.05, 4.69) is 124 Å². The largest absolute Gasteiger partial charge is 0.381 e. The van der Waals surface area contributed by atoms with Gasteiger partial charge in [0.05, 0.1) is 121 Å². The van der Waals surface area contributed by atoms with Gasteiger partial charge < -0.3 is 73.7 Å². The molecule has 0 radical (unpaired) electrons. The summed E-state index contributed by atoms with van der Waals surface area (Å²) in [6.45, 7) is 25.7. The molecule has 24 rings (SSSR count). The van der Waals surface area contributed by atoms with Gasteiger partial charge in [-0.25, -0.2) is 19.9 Å². The number of aromatic nitrogens is 12. The van der Waals surface area contributed by atoms with Crippen molar-refractivity contribution in [3.63, 3.8) is 0 Å². The number of hydrogen-bond acceptors (Lipinski definition) is 23. The Kier molecular flexibility index (Phi) is 29.0. The predicted molar refractivity (Wildman–Crippen MR) is 567 cm³/mol. The number of benzene rings is 4. The number of fused-ring (bicyclic) bond motifs is 8. The molecule has 0 bridgehead atoms. The standard InChI is InChI=1S/C29H32N6O4.C29H34N6O3.C28H32N6O3.C28H35N5O2/c1-18(36)33-11-8-26-24(17-33)28(32-35(26)20-9-12-39-13-10-20)22-5-3-4-19-16-34(27(37)14-23(19)22)21-6-7-25(31-15-21)29(38)30-2;1-19(36)33-12-9-26-25(18-33)29(31-35(26)21-10-13-38-14-11-21)23-6-4-5-20-17-34(28(37)15-24(20)23)22-7-8-27(30-16-22)32(2)3;1-18(35)32-11-8-25-24(17-32)28(31-34(25)20-9-12-37-13-10-20)22-5-3-4-19-16-33(27(36)14-23(19)22)21-6-7-26(29-2)30-15-21;1-19(34)31-11-7-25-24(17-31)27(30-33(25)21-8-13-35-14-9-21)22-6-4-5-20-15-26(29-16-23(20)22)32-12-10-28(2,3)18-32/h3-7,15,20H,8-14,16-17H2,1-2H3,(H,30,38);4-8,16,21H,9-15,17-18H2,1-3H3;3-7,15,20H,8-14,16-17H2,1-2H3,(H,29,30);4-6,15-16,21H,7-14,17-18H2,1-3H3. The molecule has 0 unspecified atom stereocenters. The highest BCUT2D eigenvalue weighted by Crippen LogP contribution is 2.46. The van der Waals surface area contributed by atoms with E-state index in [1.165, 1.54) is 40.1 Å². The summed E-state index contributed by atoms with van der Waals surface area (Å²) in [6.07, 6.45) is 19.8. The van der Waals surface area contributed by atoms with E-state index >= 15 is 0 Å². The number of hydrogen-bond donors (Lipinski definition) is 2. The topological polar surface area (TPSA) is 350 Å². The fraction of sp³-hybridized carbons (Fsp3) is 0.456. The Balaban J connectivity index is 0.000000116. The zero-order chi connectivity index (χ0) is 103. The van der Waals surface area contributed by atoms with Crippen molar-refractivity contribution in [2.24, 2.45) is 5.41 Å². The number of carbonyl (C=O) groups excluding carboxylic acids is 8. The van der Waals surface area contributed by atoms with Gasteiger partial charge in [-0.05, 0) is 144 Å². The first-order valence-corrected chi connectivity index (χ1v) is 52.9. The van der Waals surface area contributed by atoms with Crippen LogP contribution in [0.25, 0.3) is 55.8 Å². The molecule has 35 nitrogen and oxygen atoms in total. The summed E-state index contributed by atoms with van der Waals surface area (Å²) in [5, 5.41) is 28.7. The van der Waals surface area contributed by atoms with Gasteiger partial charge in [0, 0.05) is 279 Å². The second-order valence-electron chi connectivity index (χ2n) is 42.1. The van der Waals surface area contributed by atoms with E-state index in [0.717, 1.165) is 279 Å². The molecule has 0 aliphatic carbocycles. The van der Waals surface area contributed by atoms with Gasteiger partial charge in [-0.1, -0.05) is 86.6 Å². The molecular formula is C114H133N23O12. The highest BCUT2D eigenvalue weighted by Gasteiger charge is 2.41. The number of anilines is 6. The van der Waals surface area contributed by atoms with Crippen LogP contribution < -0.4 is 35.1 Å². The Bertz CT molecular complexity index is 7100. The number of carbonyl (C=O) groups is 8. The van der Waals surface area contributed by atoms with Gasteiger partial charge in [-0.3, -0.25) is 57.1 Å². The number of pyridine rings is 4. The zero-order valence-corrected chi connectivity index (χ0v) is 87.0. The Morgan fingerprint density at radius 1 is 0.389 bits per heavy atom. The molecule has 35 heteroatoms. The maximum atomic E-state index is 13.4. The van der Waals surface area contributed by atoms with E-state index in [9.17, 15) is 38.4 Å². The molecule has 776 valence electrons. The van der Waals surface area contributed by atoms with Crippen molar-refractivity contribution in [2.45, 2.75) is 214 Å². The van der Waals surface area contributed by atoms with Gasteiger partial charge >= 0.3 is 0 Å². The van der Waals surface area contributed by atoms with Crippen LogP contribution in [0.2, 0.25) is 0 Å². The van der Waals surface area contributed by atoms with Crippen LogP contribution in [0.4, 0.5) is 34.5 Å². The third kappa shape index (κ3) is 20.5. The quantitative estimate of drug-likeness (QED) is 0.0962. The first-order chi connectivity index (χ1) is 72.3. The lowest BCUT2D eigenvalue weighted by Gasteiger charge is -2.30. The van der Waals surface area contributed by atoms with Crippen molar-refractivity contribution in [1.29, 1.82) is 0 Å². The third-order valence-electron chi connectivity index (χ3n) is 32.1. The Morgan fingerprint density at radius 3 is 1.07 bits per heavy atom. The van der Waals surface area contributed by atoms with E-state index in [4.69, 9.17) is 44.3 Å². The Morgan fingerprint density at radius 2 is 0.745 bits per heavy atom. The highest BCUT2D eigenvalue weighted by atomic mass is 16.5. The SMILES string of the molecule is CC(=O)N1CCc2c(c(-c3cccc4c3CC(=O)N(c3ccc(N(C)C)nc3)C4)nn2C2CCOCC2)C1.CC(=O)N1CCc2c(c(-c3cccc4cc(N5CCC(C)(C)C5)ncc34)nn2C2CCOCC2)C1.CNC(=O)c1ccc(N2Cc3cccc(-c4nn(C5CCOCC5)c5c4CN(C(C)=O)CC5)c3CC2=O)cn1.CNc1ccc(N2Cc3cccc(-c4nn(C5CCOCC5)c5c4CN(C(C)=O)CC5)c3CC2=O)cn1. The molecule has 8 amide bonds. The monoisotopic (exact) mass is 2020 g/mol. The first kappa shape index (κ1) is 100. The number of rotatable bonds is 15. The van der Waals surface area contributed by atoms with Gasteiger partial charge in [0.1, 0.15) is 23.1 Å². The predicted octanol–water partition coefficient (Wildman–Crippen LogP) is 13.9. The Hall–Kier alpha value is -14.4. The number of ether oxygens (including phenoxy) is 4. The summed E-state index contributed by atoms with van der Waals surface area (Å²) in [5.74, 6) is 2.80. The summed E-state index contributed by atoms with van der Waals surface area (Å²) in [7, 11) is 7.28. The molecule has 12 aliphatic heterocycles. The lowest BCUT2D eigenvalue weighted by molar-refractivity contribution is -0.130. The molecule has 4 aromatic carbocycles. The highest BCUT2D eigenvalue weighted by molar-refractivity contribution is 6.02. The lowest BCUT2D eigenvalue weighted by Crippen LogP contribution is -2.37. The summed E-state index contributed by atoms with van der Waals surface area (Å²) < 4.78 is 31.3. The second-order valence-corrected chi connectivity index (χ2v) is 42.1. The Labute approximate surface area is 868 Å². The van der Waals surface area contributed by atoms with E-state index < -0.39 is 0 Å². The average molecular weight is 2020 g/mol. The van der Waals surface area contributed by atoms with Crippen molar-refractivity contribution in [3.8, 4) is 45.0 Å². The molecule has 5 fully saturated rings. The van der Waals surface area contributed by atoms with Crippen molar-refractivity contribution in [3.05, 3.63) is 224 Å². The van der Waals surface area contributed by atoms with Gasteiger partial charge in [-0.2, -0.15) is 20.4 Å². The van der Waals surface area contributed by atoms with Crippen molar-refractivity contribution < 1.29 is 57.3 Å². The van der Waals surface area contributed by atoms with E-state index in [-0.39, 0.29) is 59.7 Å². The number of nitrogens with zero attached hydrogens (tertiary/aromatic N) is 21. The van der Waals surface area contributed by atoms with Crippen LogP contribution in [0.15, 0.2) is 140 Å². The fourth-order valence-electron chi connectivity index (χ4n) is 23.7. The smallest absolute Gasteiger partial charge is 0.269 e. The molecule has 12 aromatic rings. The fourth-order valence-corrected chi connectivity index (χ4v) is 23.7. The number of amides is 8. The number of nitrogens with one attached hydrogen (secondary N) is 2. The molecule has 2 N–H and O–H groups in total. The van der Waals surface area contributed by atoms with Crippen LogP contribution in [0.5, 0.6) is 0 Å². The van der Waals surface area contributed by atoms with Crippen LogP contribution in [0, 0.1) is 5.41 Å². The van der Waals surface area contributed by atoms with Gasteiger partial charge in [-0.15, -0.1) is 0 Å². The minimum Gasteiger partial charge on any atom is -0.381 e. The zero-order valence-electron chi connectivity index (χ0n) is 87.0. The van der Waals surface area contributed by atoms with Crippen LogP contribution in [-0.2, 0) is 143 Å². The summed E-state index contributed by atoms with van der Waals surface area (Å²) in [4.78, 5) is 137. The minimum atomic E-state index is -0.270. The van der Waals surface area contributed by atoms with Gasteiger partial charge in [0.2, 0.25) is 41.4 Å². The summed E-state index contributed by atoms with van der Waals surface area (Å²) in [6, 6.07) is 39.6. The molecule has 12 aliphatic rings. The molecule has 5 saturated heterocycles. The molecule has 8 aromatic heterocycles. The van der Waals surface area contributed by atoms with Crippen molar-refractivity contribution >= 4 is 92.5 Å². The maximum Gasteiger partial charge on any atom is 0.269 e. The lowest BCUT2D eigenvalue weighted by atomic mass is 9.90. The molecule has 0 atom stereocenters. The molecule has 0 saturated carbocycles. The van der Waals surface area contributed by atoms with Crippen LogP contribution in [0.1, 0.15) is 212 Å². The van der Waals surface area contributed by atoms with Crippen molar-refractivity contribution in [1.82, 2.24) is 84.0 Å². The average Bonchev–Trinajstić information content (AvgIpc) is 1.59. The van der Waals surface area contributed by atoms with Crippen LogP contribution >= 0.6 is 0 Å². The first-order valence-electron chi connectivity index (χ1n) is 52.9. The molecule has 149 heavy (non-hydrogen) atoms. The van der Waals surface area contributed by atoms with Gasteiger partial charge in [0.15, 0.2) is 0 Å². The second kappa shape index (κ2) is 43.0. The van der Waals surface area contributed by atoms with Crippen LogP contribution in [0.3, 0.4) is 0 Å². The third-order valence-corrected chi connectivity index (χ3v) is 32.1. The van der Waals surface area contributed by atoms with Gasteiger partial charge in [0.25, 0.3) is 5.91 Å². The molecule has 20 heterocycles. The molecule has 0 spiro atoms. The normalized spacial score (nSPS) is 18.4. The van der Waals surface area contributed by atoms with Crippen molar-refractivity contribution in [2.75, 3.05) is 150 Å². The van der Waals surface area contributed by atoms with E-state index in [1.807, 2.05) is 99.2 Å². The molecular weight excluding hydrogens is 1880 g/mol. The minimum absolute atomic E-state index is 0.0347.